The molecule has 0 unspecified atom stereocenters. The number of rotatable bonds is 8. The number of benzene rings is 1. The van der Waals surface area contributed by atoms with Crippen LogP contribution >= 0.6 is 11.8 Å². The molecular formula is C18H27N3O3S. The van der Waals surface area contributed by atoms with Gasteiger partial charge in [-0.25, -0.2) is 4.79 Å². The molecule has 1 aliphatic heterocycles. The van der Waals surface area contributed by atoms with Gasteiger partial charge in [0, 0.05) is 49.8 Å². The summed E-state index contributed by atoms with van der Waals surface area (Å²) in [6, 6.07) is 7.98. The van der Waals surface area contributed by atoms with E-state index in [1.165, 1.54) is 30.2 Å². The van der Waals surface area contributed by atoms with E-state index in [4.69, 9.17) is 4.74 Å². The highest BCUT2D eigenvalue weighted by Gasteiger charge is 2.10. The lowest BCUT2D eigenvalue weighted by Gasteiger charge is -2.26. The first kappa shape index (κ1) is 19.6. The minimum atomic E-state index is -0.494. The third-order valence-electron chi connectivity index (χ3n) is 3.95. The van der Waals surface area contributed by atoms with E-state index in [2.05, 4.69) is 27.7 Å². The summed E-state index contributed by atoms with van der Waals surface area (Å²) in [6.45, 7) is 5.77. The summed E-state index contributed by atoms with van der Waals surface area (Å²) in [5, 5.41) is 5.37. The Morgan fingerprint density at radius 2 is 1.92 bits per heavy atom. The van der Waals surface area contributed by atoms with Gasteiger partial charge in [0.1, 0.15) is 0 Å². The molecule has 2 N–H and O–H groups in total. The summed E-state index contributed by atoms with van der Waals surface area (Å²) in [5.74, 6) is 2.33. The summed E-state index contributed by atoms with van der Waals surface area (Å²) in [4.78, 5) is 25.5. The average Bonchev–Trinajstić information content (AvgIpc) is 2.62. The van der Waals surface area contributed by atoms with Gasteiger partial charge >= 0.3 is 6.09 Å². The largest absolute Gasteiger partial charge is 0.450 e. The zero-order valence-corrected chi connectivity index (χ0v) is 15.6. The van der Waals surface area contributed by atoms with Crippen molar-refractivity contribution in [3.05, 3.63) is 29.8 Å². The SMILES string of the molecule is CCOC(=O)NCCC(=O)Nc1ccc(CCN2CCSCC2)cc1. The van der Waals surface area contributed by atoms with Crippen molar-refractivity contribution in [1.29, 1.82) is 0 Å². The van der Waals surface area contributed by atoms with E-state index in [1.54, 1.807) is 6.92 Å². The van der Waals surface area contributed by atoms with Crippen LogP contribution in [0, 0.1) is 0 Å². The number of hydrogen-bond donors (Lipinski definition) is 2. The molecule has 1 aromatic rings. The molecule has 1 fully saturated rings. The van der Waals surface area contributed by atoms with E-state index < -0.39 is 6.09 Å². The fourth-order valence-electron chi connectivity index (χ4n) is 2.55. The molecule has 2 rings (SSSR count). The number of carbonyl (C=O) groups is 2. The van der Waals surface area contributed by atoms with E-state index in [-0.39, 0.29) is 18.9 Å². The van der Waals surface area contributed by atoms with Crippen LogP contribution in [0.1, 0.15) is 18.9 Å². The second-order valence-corrected chi connectivity index (χ2v) is 7.07. The zero-order valence-electron chi connectivity index (χ0n) is 14.8. The van der Waals surface area contributed by atoms with Crippen LogP contribution in [-0.4, -0.2) is 61.2 Å². The third kappa shape index (κ3) is 7.79. The standard InChI is InChI=1S/C18H27N3O3S/c1-2-24-18(23)19-9-7-17(22)20-16-5-3-15(4-6-16)8-10-21-11-13-25-14-12-21/h3-6H,2,7-14H2,1H3,(H,19,23)(H,20,22). The first-order valence-electron chi connectivity index (χ1n) is 8.77. The maximum Gasteiger partial charge on any atom is 0.407 e. The van der Waals surface area contributed by atoms with Crippen LogP contribution in [0.3, 0.4) is 0 Å². The summed E-state index contributed by atoms with van der Waals surface area (Å²) in [6.07, 6.45) is 0.752. The predicted molar refractivity (Wildman–Crippen MR) is 102 cm³/mol. The van der Waals surface area contributed by atoms with Crippen LogP contribution in [-0.2, 0) is 16.0 Å². The van der Waals surface area contributed by atoms with Crippen molar-refractivity contribution < 1.29 is 14.3 Å². The van der Waals surface area contributed by atoms with E-state index in [0.717, 1.165) is 18.7 Å². The van der Waals surface area contributed by atoms with Crippen LogP contribution in [0.5, 0.6) is 0 Å². The molecular weight excluding hydrogens is 338 g/mol. The fourth-order valence-corrected chi connectivity index (χ4v) is 3.53. The quantitative estimate of drug-likeness (QED) is 0.740. The number of alkyl carbamates (subject to hydrolysis) is 1. The van der Waals surface area contributed by atoms with Crippen LogP contribution in [0.2, 0.25) is 0 Å². The van der Waals surface area contributed by atoms with Gasteiger partial charge in [-0.3, -0.25) is 4.79 Å². The van der Waals surface area contributed by atoms with Gasteiger partial charge in [0.05, 0.1) is 6.61 Å². The normalized spacial score (nSPS) is 14.8. The molecule has 0 bridgehead atoms. The van der Waals surface area contributed by atoms with Gasteiger partial charge in [-0.1, -0.05) is 12.1 Å². The molecule has 25 heavy (non-hydrogen) atoms. The Labute approximate surface area is 153 Å². The predicted octanol–water partition coefficient (Wildman–Crippen LogP) is 2.35. The fraction of sp³-hybridized carbons (Fsp3) is 0.556. The molecule has 2 amide bonds. The van der Waals surface area contributed by atoms with Crippen molar-refractivity contribution in [1.82, 2.24) is 10.2 Å². The molecule has 6 nitrogen and oxygen atoms in total. The molecule has 0 atom stereocenters. The minimum absolute atomic E-state index is 0.129. The minimum Gasteiger partial charge on any atom is -0.450 e. The molecule has 1 heterocycles. The summed E-state index contributed by atoms with van der Waals surface area (Å²) in [5.41, 5.74) is 2.06. The van der Waals surface area contributed by atoms with Crippen LogP contribution in [0.25, 0.3) is 0 Å². The highest BCUT2D eigenvalue weighted by atomic mass is 32.2. The van der Waals surface area contributed by atoms with E-state index in [9.17, 15) is 9.59 Å². The molecule has 0 spiro atoms. The summed E-state index contributed by atoms with van der Waals surface area (Å²) < 4.78 is 4.74. The lowest BCUT2D eigenvalue weighted by atomic mass is 10.1. The third-order valence-corrected chi connectivity index (χ3v) is 4.90. The van der Waals surface area contributed by atoms with Crippen molar-refractivity contribution in [3.8, 4) is 0 Å². The van der Waals surface area contributed by atoms with E-state index >= 15 is 0 Å². The van der Waals surface area contributed by atoms with E-state index in [1.807, 2.05) is 23.9 Å². The molecule has 138 valence electrons. The number of carbonyl (C=O) groups excluding carboxylic acids is 2. The number of nitrogens with zero attached hydrogens (tertiary/aromatic N) is 1. The number of nitrogens with one attached hydrogen (secondary N) is 2. The van der Waals surface area contributed by atoms with Gasteiger partial charge in [0.25, 0.3) is 0 Å². The molecule has 0 radical (unpaired) electrons. The molecule has 1 saturated heterocycles. The molecule has 0 saturated carbocycles. The second-order valence-electron chi connectivity index (χ2n) is 5.85. The number of ether oxygens (including phenoxy) is 1. The topological polar surface area (TPSA) is 70.7 Å². The van der Waals surface area contributed by atoms with Crippen LogP contribution in [0.4, 0.5) is 10.5 Å². The first-order chi connectivity index (χ1) is 12.2. The highest BCUT2D eigenvalue weighted by molar-refractivity contribution is 7.99. The number of amides is 2. The van der Waals surface area contributed by atoms with Crippen LogP contribution < -0.4 is 10.6 Å². The Kier molecular flexibility index (Phi) is 8.62. The summed E-state index contributed by atoms with van der Waals surface area (Å²) >= 11 is 2.03. The maximum atomic E-state index is 11.9. The van der Waals surface area contributed by atoms with Gasteiger partial charge < -0.3 is 20.3 Å². The van der Waals surface area contributed by atoms with Gasteiger partial charge in [0.15, 0.2) is 0 Å². The van der Waals surface area contributed by atoms with Crippen LogP contribution in [0.15, 0.2) is 24.3 Å². The Hall–Kier alpha value is -1.73. The van der Waals surface area contributed by atoms with Gasteiger partial charge in [0.2, 0.25) is 5.91 Å². The van der Waals surface area contributed by atoms with E-state index in [0.29, 0.717) is 6.61 Å². The monoisotopic (exact) mass is 365 g/mol. The lowest BCUT2D eigenvalue weighted by molar-refractivity contribution is -0.116. The van der Waals surface area contributed by atoms with Gasteiger partial charge in [-0.2, -0.15) is 11.8 Å². The number of hydrogen-bond acceptors (Lipinski definition) is 5. The van der Waals surface area contributed by atoms with Gasteiger partial charge in [-0.05, 0) is 31.0 Å². The highest BCUT2D eigenvalue weighted by Crippen LogP contribution is 2.13. The van der Waals surface area contributed by atoms with Gasteiger partial charge in [-0.15, -0.1) is 0 Å². The average molecular weight is 365 g/mol. The van der Waals surface area contributed by atoms with Crippen molar-refractivity contribution in [2.45, 2.75) is 19.8 Å². The molecule has 1 aromatic carbocycles. The number of thioether (sulfide) groups is 1. The number of anilines is 1. The molecule has 0 aromatic heterocycles. The Balaban J connectivity index is 1.66. The summed E-state index contributed by atoms with van der Waals surface area (Å²) in [7, 11) is 0. The van der Waals surface area contributed by atoms with Crippen molar-refractivity contribution in [2.75, 3.05) is 49.6 Å². The second kappa shape index (κ2) is 11.0. The Bertz CT molecular complexity index is 545. The Morgan fingerprint density at radius 1 is 1.20 bits per heavy atom. The molecule has 7 heteroatoms. The van der Waals surface area contributed by atoms with Crippen molar-refractivity contribution in [2.24, 2.45) is 0 Å². The maximum absolute atomic E-state index is 11.9. The van der Waals surface area contributed by atoms with Crippen molar-refractivity contribution >= 4 is 29.4 Å². The molecule has 0 aliphatic carbocycles. The van der Waals surface area contributed by atoms with Crippen molar-refractivity contribution in [3.63, 3.8) is 0 Å². The first-order valence-corrected chi connectivity index (χ1v) is 9.92. The zero-order chi connectivity index (χ0) is 17.9. The molecule has 1 aliphatic rings. The Morgan fingerprint density at radius 3 is 2.60 bits per heavy atom. The lowest BCUT2D eigenvalue weighted by Crippen LogP contribution is -2.34. The smallest absolute Gasteiger partial charge is 0.407 e.